The summed E-state index contributed by atoms with van der Waals surface area (Å²) in [6.07, 6.45) is 1.57. The molecule has 4 heterocycles. The third-order valence-electron chi connectivity index (χ3n) is 10.9. The molecule has 0 spiro atoms. The van der Waals surface area contributed by atoms with E-state index in [-0.39, 0.29) is 16.9 Å². The normalized spacial score (nSPS) is 13.3. The van der Waals surface area contributed by atoms with Crippen molar-refractivity contribution in [3.05, 3.63) is 193 Å². The molecular weight excluding hydrogens is 697 g/mol. The zero-order valence-corrected chi connectivity index (χ0v) is 29.9. The fourth-order valence-electron chi connectivity index (χ4n) is 8.36. The van der Waals surface area contributed by atoms with E-state index < -0.39 is 5.92 Å². The van der Waals surface area contributed by atoms with Crippen molar-refractivity contribution >= 4 is 50.0 Å². The monoisotopic (exact) mass is 727 g/mol. The molecule has 1 aliphatic rings. The lowest BCUT2D eigenvalue weighted by molar-refractivity contribution is 0.0421. The fourth-order valence-corrected chi connectivity index (χ4v) is 8.36. The first-order valence-electron chi connectivity index (χ1n) is 18.6. The lowest BCUT2D eigenvalue weighted by atomic mass is 9.91. The van der Waals surface area contributed by atoms with Gasteiger partial charge in [0.15, 0.2) is 0 Å². The van der Waals surface area contributed by atoms with Gasteiger partial charge in [0.25, 0.3) is 0 Å². The molecule has 1 aliphatic heterocycles. The van der Waals surface area contributed by atoms with Crippen LogP contribution in [0.3, 0.4) is 0 Å². The van der Waals surface area contributed by atoms with Crippen molar-refractivity contribution in [1.82, 2.24) is 19.5 Å². The third kappa shape index (κ3) is 4.84. The standard InChI is InChI=1S/C49H31F2N5/c50-49(51)40-27-26-32(31-13-3-1-4-14-31)30-44(40)56(48-41(49)23-12-28-52-48)35-18-9-15-33(29-35)36-20-11-25-43-46(36)54-47(55(43)34-16-5-2-6-17-34)39-22-10-21-38-37-19-7-8-24-42(37)53-45(38)39/h1-30,53H. The van der Waals surface area contributed by atoms with Gasteiger partial charge in [-0.25, -0.2) is 9.97 Å². The van der Waals surface area contributed by atoms with Gasteiger partial charge in [0, 0.05) is 50.6 Å². The maximum atomic E-state index is 16.3. The summed E-state index contributed by atoms with van der Waals surface area (Å²) in [7, 11) is 0. The topological polar surface area (TPSA) is 49.7 Å². The lowest BCUT2D eigenvalue weighted by Gasteiger charge is -2.36. The van der Waals surface area contributed by atoms with Crippen molar-refractivity contribution in [2.24, 2.45) is 0 Å². The summed E-state index contributed by atoms with van der Waals surface area (Å²) in [5, 5.41) is 2.29. The second-order valence-corrected chi connectivity index (χ2v) is 14.1. The molecule has 0 aliphatic carbocycles. The number of para-hydroxylation sites is 4. The van der Waals surface area contributed by atoms with Crippen molar-refractivity contribution in [3.63, 3.8) is 0 Å². The number of nitrogens with one attached hydrogen (secondary N) is 1. The number of aromatic amines is 1. The van der Waals surface area contributed by atoms with Crippen LogP contribution in [-0.2, 0) is 5.92 Å². The Kier molecular flexibility index (Phi) is 7.06. The molecule has 0 saturated heterocycles. The summed E-state index contributed by atoms with van der Waals surface area (Å²) in [5.74, 6) is -2.22. The minimum absolute atomic E-state index is 0.0671. The summed E-state index contributed by atoms with van der Waals surface area (Å²) in [4.78, 5) is 15.6. The number of nitrogens with zero attached hydrogens (tertiary/aromatic N) is 4. The second kappa shape index (κ2) is 12.3. The average molecular weight is 728 g/mol. The van der Waals surface area contributed by atoms with Gasteiger partial charge in [0.05, 0.1) is 27.8 Å². The van der Waals surface area contributed by atoms with Crippen LogP contribution in [0.25, 0.3) is 72.2 Å². The van der Waals surface area contributed by atoms with E-state index in [0.717, 1.165) is 72.2 Å². The molecule has 10 aromatic rings. The Morgan fingerprint density at radius 2 is 1.25 bits per heavy atom. The van der Waals surface area contributed by atoms with Crippen LogP contribution in [0.4, 0.5) is 26.0 Å². The van der Waals surface area contributed by atoms with Gasteiger partial charge in [-0.2, -0.15) is 8.78 Å². The zero-order chi connectivity index (χ0) is 37.4. The fraction of sp³-hybridized carbons (Fsp3) is 0.0204. The number of hydrogen-bond acceptors (Lipinski definition) is 3. The van der Waals surface area contributed by atoms with E-state index in [0.29, 0.717) is 11.4 Å². The molecular formula is C49H31F2N5. The summed E-state index contributed by atoms with van der Waals surface area (Å²) >= 11 is 0. The molecule has 11 rings (SSSR count). The van der Waals surface area contributed by atoms with Gasteiger partial charge >= 0.3 is 5.92 Å². The Hall–Kier alpha value is -7.38. The predicted molar refractivity (Wildman–Crippen MR) is 222 cm³/mol. The van der Waals surface area contributed by atoms with Gasteiger partial charge in [0.2, 0.25) is 0 Å². The molecule has 0 bridgehead atoms. The number of anilines is 3. The molecule has 0 atom stereocenters. The van der Waals surface area contributed by atoms with E-state index in [9.17, 15) is 0 Å². The Bertz CT molecular complexity index is 3130. The number of halogens is 2. The molecule has 0 fully saturated rings. The number of hydrogen-bond donors (Lipinski definition) is 1. The Morgan fingerprint density at radius 1 is 0.536 bits per heavy atom. The Balaban J connectivity index is 1.12. The molecule has 7 aromatic carbocycles. The minimum Gasteiger partial charge on any atom is -0.354 e. The highest BCUT2D eigenvalue weighted by Crippen LogP contribution is 2.54. The number of aromatic nitrogens is 4. The molecule has 1 N–H and O–H groups in total. The number of imidazole rings is 1. The smallest absolute Gasteiger partial charge is 0.304 e. The predicted octanol–water partition coefficient (Wildman–Crippen LogP) is 13.0. The van der Waals surface area contributed by atoms with Crippen LogP contribution < -0.4 is 4.90 Å². The average Bonchev–Trinajstić information content (AvgIpc) is 3.84. The first kappa shape index (κ1) is 32.1. The maximum absolute atomic E-state index is 16.3. The summed E-state index contributed by atoms with van der Waals surface area (Å²) in [6.45, 7) is 0. The molecule has 5 nitrogen and oxygen atoms in total. The summed E-state index contributed by atoms with van der Waals surface area (Å²) in [5.41, 5.74) is 10.4. The van der Waals surface area contributed by atoms with Crippen LogP contribution in [0.5, 0.6) is 0 Å². The minimum atomic E-state index is -3.23. The van der Waals surface area contributed by atoms with Crippen molar-refractivity contribution in [2.45, 2.75) is 5.92 Å². The largest absolute Gasteiger partial charge is 0.354 e. The van der Waals surface area contributed by atoms with E-state index in [1.165, 1.54) is 6.07 Å². The van der Waals surface area contributed by atoms with Gasteiger partial charge in [-0.3, -0.25) is 9.47 Å². The molecule has 56 heavy (non-hydrogen) atoms. The highest BCUT2D eigenvalue weighted by atomic mass is 19.3. The number of benzene rings is 7. The highest BCUT2D eigenvalue weighted by molar-refractivity contribution is 6.12. The van der Waals surface area contributed by atoms with E-state index in [1.54, 1.807) is 24.4 Å². The van der Waals surface area contributed by atoms with Crippen molar-refractivity contribution in [3.8, 4) is 39.3 Å². The van der Waals surface area contributed by atoms with Crippen LogP contribution in [0.1, 0.15) is 11.1 Å². The first-order chi connectivity index (χ1) is 27.5. The van der Waals surface area contributed by atoms with Gasteiger partial charge in [-0.15, -0.1) is 0 Å². The Morgan fingerprint density at radius 3 is 2.12 bits per heavy atom. The zero-order valence-electron chi connectivity index (χ0n) is 29.9. The number of rotatable bonds is 5. The first-order valence-corrected chi connectivity index (χ1v) is 18.6. The number of fused-ring (bicyclic) bond motifs is 6. The maximum Gasteiger partial charge on any atom is 0.304 e. The molecule has 7 heteroatoms. The van der Waals surface area contributed by atoms with Gasteiger partial charge in [0.1, 0.15) is 11.6 Å². The van der Waals surface area contributed by atoms with Gasteiger partial charge < -0.3 is 4.98 Å². The summed E-state index contributed by atoms with van der Waals surface area (Å²) < 4.78 is 34.9. The number of alkyl halides is 2. The number of pyridine rings is 1. The van der Waals surface area contributed by atoms with Crippen LogP contribution in [0.15, 0.2) is 182 Å². The molecule has 0 unspecified atom stereocenters. The molecule has 0 saturated carbocycles. The van der Waals surface area contributed by atoms with Crippen LogP contribution in [0.2, 0.25) is 0 Å². The van der Waals surface area contributed by atoms with Gasteiger partial charge in [-0.1, -0.05) is 109 Å². The highest BCUT2D eigenvalue weighted by Gasteiger charge is 2.45. The lowest BCUT2D eigenvalue weighted by Crippen LogP contribution is -2.29. The SMILES string of the molecule is FC1(F)c2ccc(-c3ccccc3)cc2N(c2cccc(-c3cccc4c3nc(-c3cccc5c3[nH]c3ccccc35)n4-c3ccccc3)c2)c2ncccc21. The van der Waals surface area contributed by atoms with Gasteiger partial charge in [-0.05, 0) is 83.4 Å². The van der Waals surface area contributed by atoms with Crippen LogP contribution >= 0.6 is 0 Å². The molecule has 0 amide bonds. The van der Waals surface area contributed by atoms with Crippen molar-refractivity contribution in [1.29, 1.82) is 0 Å². The molecule has 0 radical (unpaired) electrons. The quantitative estimate of drug-likeness (QED) is 0.192. The summed E-state index contributed by atoms with van der Waals surface area (Å²) in [6, 6.07) is 57.3. The van der Waals surface area contributed by atoms with Crippen molar-refractivity contribution in [2.75, 3.05) is 4.90 Å². The van der Waals surface area contributed by atoms with Crippen LogP contribution in [-0.4, -0.2) is 19.5 Å². The molecule has 266 valence electrons. The van der Waals surface area contributed by atoms with E-state index in [2.05, 4.69) is 93.4 Å². The van der Waals surface area contributed by atoms with Crippen LogP contribution in [0, 0.1) is 0 Å². The molecule has 3 aromatic heterocycles. The Labute approximate surface area is 320 Å². The second-order valence-electron chi connectivity index (χ2n) is 14.1. The van der Waals surface area contributed by atoms with E-state index in [4.69, 9.17) is 4.98 Å². The van der Waals surface area contributed by atoms with E-state index >= 15 is 8.78 Å². The van der Waals surface area contributed by atoms with E-state index in [1.807, 2.05) is 77.7 Å². The number of H-pyrrole nitrogens is 1. The third-order valence-corrected chi connectivity index (χ3v) is 10.9. The van der Waals surface area contributed by atoms with Crippen molar-refractivity contribution < 1.29 is 8.78 Å².